The van der Waals surface area contributed by atoms with Gasteiger partial charge in [-0.05, 0) is 30.9 Å². The Morgan fingerprint density at radius 1 is 1.53 bits per heavy atom. The summed E-state index contributed by atoms with van der Waals surface area (Å²) in [6, 6.07) is 4.96. The summed E-state index contributed by atoms with van der Waals surface area (Å²) in [6.45, 7) is 0.799. The van der Waals surface area contributed by atoms with Gasteiger partial charge in [0.1, 0.15) is 5.82 Å². The highest BCUT2D eigenvalue weighted by Gasteiger charge is 2.28. The van der Waals surface area contributed by atoms with E-state index in [9.17, 15) is 9.90 Å². The Bertz CT molecular complexity index is 416. The van der Waals surface area contributed by atoms with Crippen molar-refractivity contribution < 1.29 is 15.0 Å². The van der Waals surface area contributed by atoms with Gasteiger partial charge < -0.3 is 15.1 Å². The molecule has 0 aromatic carbocycles. The first-order valence-electron chi connectivity index (χ1n) is 5.66. The molecule has 1 aromatic rings. The number of nitrogens with zero attached hydrogens (tertiary/aromatic N) is 2. The van der Waals surface area contributed by atoms with E-state index in [1.165, 1.54) is 6.07 Å². The normalized spacial score (nSPS) is 22.9. The van der Waals surface area contributed by atoms with Crippen molar-refractivity contribution in [2.24, 2.45) is 5.92 Å². The molecule has 17 heavy (non-hydrogen) atoms. The van der Waals surface area contributed by atoms with Crippen molar-refractivity contribution >= 4 is 11.8 Å². The predicted octanol–water partition coefficient (Wildman–Crippen LogP) is 0.987. The molecule has 1 heterocycles. The number of aliphatic hydroxyl groups excluding tert-OH is 1. The molecule has 0 aliphatic heterocycles. The number of carbonyl (C=O) groups is 1. The molecule has 5 nitrogen and oxygen atoms in total. The van der Waals surface area contributed by atoms with Gasteiger partial charge in [-0.25, -0.2) is 9.78 Å². The summed E-state index contributed by atoms with van der Waals surface area (Å²) in [6.07, 6.45) is 1.48. The van der Waals surface area contributed by atoms with Gasteiger partial charge in [-0.2, -0.15) is 0 Å². The van der Waals surface area contributed by atoms with Gasteiger partial charge >= 0.3 is 5.97 Å². The number of anilines is 1. The topological polar surface area (TPSA) is 73.7 Å². The van der Waals surface area contributed by atoms with E-state index in [0.717, 1.165) is 19.4 Å². The summed E-state index contributed by atoms with van der Waals surface area (Å²) in [5.74, 6) is 0.121. The molecule has 1 aliphatic rings. The molecule has 2 rings (SSSR count). The van der Waals surface area contributed by atoms with Crippen LogP contribution in [0.25, 0.3) is 0 Å². The van der Waals surface area contributed by atoms with Crippen molar-refractivity contribution in [1.29, 1.82) is 0 Å². The highest BCUT2D eigenvalue weighted by Crippen LogP contribution is 2.28. The first-order valence-corrected chi connectivity index (χ1v) is 5.66. The number of pyridine rings is 1. The molecule has 1 fully saturated rings. The largest absolute Gasteiger partial charge is 0.477 e. The molecule has 0 unspecified atom stereocenters. The van der Waals surface area contributed by atoms with Crippen LogP contribution in [0.1, 0.15) is 23.3 Å². The highest BCUT2D eigenvalue weighted by atomic mass is 16.4. The van der Waals surface area contributed by atoms with E-state index in [1.807, 2.05) is 11.9 Å². The van der Waals surface area contributed by atoms with E-state index in [2.05, 4.69) is 4.98 Å². The number of aliphatic hydroxyl groups is 1. The maximum absolute atomic E-state index is 10.8. The molecule has 1 aliphatic carbocycles. The maximum atomic E-state index is 10.8. The van der Waals surface area contributed by atoms with Crippen molar-refractivity contribution in [2.75, 3.05) is 18.5 Å². The monoisotopic (exact) mass is 236 g/mol. The third-order valence-electron chi connectivity index (χ3n) is 3.09. The van der Waals surface area contributed by atoms with Crippen LogP contribution in [0.5, 0.6) is 0 Å². The van der Waals surface area contributed by atoms with E-state index >= 15 is 0 Å². The van der Waals surface area contributed by atoms with Crippen LogP contribution < -0.4 is 4.90 Å². The Labute approximate surface area is 99.7 Å². The molecule has 0 amide bonds. The summed E-state index contributed by atoms with van der Waals surface area (Å²) < 4.78 is 0. The number of aromatic nitrogens is 1. The van der Waals surface area contributed by atoms with Crippen molar-refractivity contribution in [3.8, 4) is 0 Å². The van der Waals surface area contributed by atoms with Crippen molar-refractivity contribution in [3.05, 3.63) is 23.9 Å². The molecule has 0 spiro atoms. The van der Waals surface area contributed by atoms with Gasteiger partial charge in [-0.3, -0.25) is 0 Å². The van der Waals surface area contributed by atoms with Gasteiger partial charge in [-0.1, -0.05) is 6.07 Å². The van der Waals surface area contributed by atoms with Crippen LogP contribution in [0.2, 0.25) is 0 Å². The quantitative estimate of drug-likeness (QED) is 0.815. The lowest BCUT2D eigenvalue weighted by atomic mass is 9.82. The second kappa shape index (κ2) is 4.71. The van der Waals surface area contributed by atoms with Gasteiger partial charge in [-0.15, -0.1) is 0 Å². The SMILES string of the molecule is CN(CC1CC(O)C1)c1cccc(C(=O)O)n1. The van der Waals surface area contributed by atoms with Crippen LogP contribution in [0.4, 0.5) is 5.82 Å². The number of carboxylic acid groups (broad SMARTS) is 1. The zero-order valence-electron chi connectivity index (χ0n) is 9.71. The van der Waals surface area contributed by atoms with Gasteiger partial charge in [0.05, 0.1) is 6.10 Å². The van der Waals surface area contributed by atoms with E-state index < -0.39 is 5.97 Å². The van der Waals surface area contributed by atoms with Crippen LogP contribution >= 0.6 is 0 Å². The number of rotatable bonds is 4. The molecule has 0 bridgehead atoms. The number of aromatic carboxylic acids is 1. The molecule has 1 aromatic heterocycles. The molecule has 5 heteroatoms. The smallest absolute Gasteiger partial charge is 0.354 e. The Hall–Kier alpha value is -1.62. The van der Waals surface area contributed by atoms with Gasteiger partial charge in [0.15, 0.2) is 5.69 Å². The van der Waals surface area contributed by atoms with Gasteiger partial charge in [0.25, 0.3) is 0 Å². The summed E-state index contributed by atoms with van der Waals surface area (Å²) >= 11 is 0. The summed E-state index contributed by atoms with van der Waals surface area (Å²) in [4.78, 5) is 16.8. The number of hydrogen-bond acceptors (Lipinski definition) is 4. The molecule has 92 valence electrons. The summed E-state index contributed by atoms with van der Waals surface area (Å²) in [5, 5.41) is 18.1. The second-order valence-corrected chi connectivity index (χ2v) is 4.56. The lowest BCUT2D eigenvalue weighted by molar-refractivity contribution is 0.0464. The molecule has 0 atom stereocenters. The van der Waals surface area contributed by atoms with E-state index in [1.54, 1.807) is 12.1 Å². The minimum atomic E-state index is -1.01. The average Bonchev–Trinajstić information content (AvgIpc) is 2.27. The molecular formula is C12H16N2O3. The fourth-order valence-corrected chi connectivity index (χ4v) is 2.09. The Morgan fingerprint density at radius 3 is 2.82 bits per heavy atom. The van der Waals surface area contributed by atoms with Crippen LogP contribution in [-0.2, 0) is 0 Å². The minimum Gasteiger partial charge on any atom is -0.477 e. The zero-order chi connectivity index (χ0) is 12.4. The minimum absolute atomic E-state index is 0.0583. The first-order chi connectivity index (χ1) is 8.06. The van der Waals surface area contributed by atoms with Crippen LogP contribution in [0.15, 0.2) is 18.2 Å². The third-order valence-corrected chi connectivity index (χ3v) is 3.09. The number of carboxylic acids is 1. The van der Waals surface area contributed by atoms with Crippen molar-refractivity contribution in [1.82, 2.24) is 4.98 Å². The molecular weight excluding hydrogens is 220 g/mol. The lowest BCUT2D eigenvalue weighted by Crippen LogP contribution is -2.37. The predicted molar refractivity (Wildman–Crippen MR) is 63.2 cm³/mol. The van der Waals surface area contributed by atoms with Crippen molar-refractivity contribution in [2.45, 2.75) is 18.9 Å². The maximum Gasteiger partial charge on any atom is 0.354 e. The molecule has 1 saturated carbocycles. The molecule has 0 radical (unpaired) electrons. The Kier molecular flexibility index (Phi) is 3.28. The summed E-state index contributed by atoms with van der Waals surface area (Å²) in [7, 11) is 1.89. The fourth-order valence-electron chi connectivity index (χ4n) is 2.09. The Morgan fingerprint density at radius 2 is 2.24 bits per heavy atom. The van der Waals surface area contributed by atoms with Crippen LogP contribution in [0, 0.1) is 5.92 Å². The average molecular weight is 236 g/mol. The first kappa shape index (κ1) is 11.9. The van der Waals surface area contributed by atoms with Crippen molar-refractivity contribution in [3.63, 3.8) is 0 Å². The molecule has 2 N–H and O–H groups in total. The Balaban J connectivity index is 2.00. The molecule has 0 saturated heterocycles. The highest BCUT2D eigenvalue weighted by molar-refractivity contribution is 5.85. The standard InChI is InChI=1S/C12H16N2O3/c1-14(7-8-5-9(15)6-8)11-4-2-3-10(13-11)12(16)17/h2-4,8-9,15H,5-7H2,1H3,(H,16,17). The summed E-state index contributed by atoms with van der Waals surface area (Å²) in [5.41, 5.74) is 0.0583. The third kappa shape index (κ3) is 2.74. The van der Waals surface area contributed by atoms with E-state index in [4.69, 9.17) is 5.11 Å². The van der Waals surface area contributed by atoms with Crippen LogP contribution in [-0.4, -0.2) is 40.9 Å². The fraction of sp³-hybridized carbons (Fsp3) is 0.500. The van der Waals surface area contributed by atoms with Crippen LogP contribution in [0.3, 0.4) is 0 Å². The second-order valence-electron chi connectivity index (χ2n) is 4.56. The zero-order valence-corrected chi connectivity index (χ0v) is 9.71. The van der Waals surface area contributed by atoms with E-state index in [-0.39, 0.29) is 11.8 Å². The lowest BCUT2D eigenvalue weighted by Gasteiger charge is -2.34. The van der Waals surface area contributed by atoms with E-state index in [0.29, 0.717) is 11.7 Å². The van der Waals surface area contributed by atoms with Gasteiger partial charge in [0.2, 0.25) is 0 Å². The van der Waals surface area contributed by atoms with Gasteiger partial charge in [0, 0.05) is 13.6 Å². The number of hydrogen-bond donors (Lipinski definition) is 2.